The van der Waals surface area contributed by atoms with Crippen LogP contribution >= 0.6 is 23.2 Å². The molecule has 1 atom stereocenters. The van der Waals surface area contributed by atoms with E-state index in [0.29, 0.717) is 17.8 Å². The Bertz CT molecular complexity index is 1420. The molecule has 0 radical (unpaired) electrons. The van der Waals surface area contributed by atoms with E-state index in [9.17, 15) is 19.5 Å². The van der Waals surface area contributed by atoms with Crippen molar-refractivity contribution in [3.05, 3.63) is 93.0 Å². The quantitative estimate of drug-likeness (QED) is 0.383. The average molecular weight is 582 g/mol. The molecule has 8 nitrogen and oxygen atoms in total. The van der Waals surface area contributed by atoms with Crippen LogP contribution in [0.1, 0.15) is 48.0 Å². The number of hydrogen-bond acceptors (Lipinski definition) is 6. The summed E-state index contributed by atoms with van der Waals surface area (Å²) in [6.45, 7) is 0.597. The highest BCUT2D eigenvalue weighted by Gasteiger charge is 2.55. The van der Waals surface area contributed by atoms with Crippen LogP contribution in [0.4, 0.5) is 5.69 Å². The van der Waals surface area contributed by atoms with Crippen molar-refractivity contribution in [2.24, 2.45) is 5.41 Å². The highest BCUT2D eigenvalue weighted by molar-refractivity contribution is 6.40. The Kier molecular flexibility index (Phi) is 8.01. The van der Waals surface area contributed by atoms with Crippen LogP contribution in [0.2, 0.25) is 10.0 Å². The molecule has 1 fully saturated rings. The Labute approximate surface area is 242 Å². The van der Waals surface area contributed by atoms with E-state index in [1.54, 1.807) is 24.3 Å². The van der Waals surface area contributed by atoms with Crippen molar-refractivity contribution in [2.45, 2.75) is 44.6 Å². The molecule has 1 saturated carbocycles. The van der Waals surface area contributed by atoms with Gasteiger partial charge in [-0.2, -0.15) is 0 Å². The van der Waals surface area contributed by atoms with Crippen molar-refractivity contribution in [3.8, 4) is 0 Å². The van der Waals surface area contributed by atoms with Crippen molar-refractivity contribution in [1.82, 2.24) is 15.2 Å². The van der Waals surface area contributed by atoms with Gasteiger partial charge in [-0.3, -0.25) is 14.6 Å². The number of halogens is 2. The van der Waals surface area contributed by atoms with E-state index >= 15 is 0 Å². The molecular formula is C30H30Cl2N4O4. The molecule has 1 amide bonds. The van der Waals surface area contributed by atoms with Gasteiger partial charge >= 0.3 is 5.97 Å². The fraction of sp³-hybridized carbons (Fsp3) is 0.333. The number of carboxylic acid groups (broad SMARTS) is 1. The number of benzene rings is 1. The fourth-order valence-electron chi connectivity index (χ4n) is 5.79. The summed E-state index contributed by atoms with van der Waals surface area (Å²) in [5, 5.41) is 16.5. The number of aromatic nitrogens is 1. The molecule has 0 saturated heterocycles. The second-order valence-corrected chi connectivity index (χ2v) is 11.4. The molecule has 10 heteroatoms. The molecule has 1 aliphatic heterocycles. The summed E-state index contributed by atoms with van der Waals surface area (Å²) in [6, 6.07) is 6.01. The van der Waals surface area contributed by atoms with E-state index in [4.69, 9.17) is 23.2 Å². The van der Waals surface area contributed by atoms with Gasteiger partial charge in [0.1, 0.15) is 6.04 Å². The first-order valence-electron chi connectivity index (χ1n) is 13.3. The van der Waals surface area contributed by atoms with Gasteiger partial charge in [-0.15, -0.1) is 0 Å². The number of amides is 1. The van der Waals surface area contributed by atoms with Crippen molar-refractivity contribution < 1.29 is 19.5 Å². The largest absolute Gasteiger partial charge is 0.480 e. The van der Waals surface area contributed by atoms with Crippen molar-refractivity contribution in [3.63, 3.8) is 0 Å². The Morgan fingerprint density at radius 3 is 2.40 bits per heavy atom. The van der Waals surface area contributed by atoms with Crippen LogP contribution in [0.15, 0.2) is 71.9 Å². The SMILES string of the molecule is CN1C=CC=C(C2=C(N[C@@H](Cc3ccc(NC(=O)c4c(Cl)cncc4Cl)cc3)C(=O)O)C3(CCCCC3)C2=O)C1. The topological polar surface area (TPSA) is 112 Å². The predicted molar refractivity (Wildman–Crippen MR) is 154 cm³/mol. The summed E-state index contributed by atoms with van der Waals surface area (Å²) >= 11 is 12.2. The Morgan fingerprint density at radius 1 is 1.10 bits per heavy atom. The lowest BCUT2D eigenvalue weighted by Crippen LogP contribution is -2.55. The lowest BCUT2D eigenvalue weighted by molar-refractivity contribution is -0.140. The molecule has 1 aromatic carbocycles. The molecule has 0 bridgehead atoms. The fourth-order valence-corrected chi connectivity index (χ4v) is 6.33. The number of hydrogen-bond donors (Lipinski definition) is 3. The number of rotatable bonds is 8. The van der Waals surface area contributed by atoms with Gasteiger partial charge in [0.05, 0.1) is 21.0 Å². The van der Waals surface area contributed by atoms with E-state index < -0.39 is 23.3 Å². The zero-order chi connectivity index (χ0) is 28.4. The minimum Gasteiger partial charge on any atom is -0.480 e. The first kappa shape index (κ1) is 27.9. The molecule has 0 unspecified atom stereocenters. The number of carbonyl (C=O) groups is 3. The zero-order valence-electron chi connectivity index (χ0n) is 22.0. The van der Waals surface area contributed by atoms with E-state index in [1.807, 2.05) is 30.3 Å². The molecule has 3 N–H and O–H groups in total. The van der Waals surface area contributed by atoms with Crippen LogP contribution in [0.3, 0.4) is 0 Å². The summed E-state index contributed by atoms with van der Waals surface area (Å²) in [6.07, 6.45) is 13.1. The lowest BCUT2D eigenvalue weighted by Gasteiger charge is -2.48. The number of nitrogens with zero attached hydrogens (tertiary/aromatic N) is 2. The minimum absolute atomic E-state index is 0.128. The van der Waals surface area contributed by atoms with Crippen LogP contribution in [0, 0.1) is 5.41 Å². The summed E-state index contributed by atoms with van der Waals surface area (Å²) < 4.78 is 0. The Hall–Kier alpha value is -3.62. The second kappa shape index (κ2) is 11.5. The van der Waals surface area contributed by atoms with Gasteiger partial charge in [-0.1, -0.05) is 60.7 Å². The molecule has 1 spiro atoms. The van der Waals surface area contributed by atoms with E-state index in [-0.39, 0.29) is 27.8 Å². The number of Topliss-reactive ketones (excluding diaryl/α,β-unsaturated/α-hetero) is 1. The number of likely N-dealkylation sites (N-methyl/N-ethyl adjacent to an activating group) is 1. The van der Waals surface area contributed by atoms with Crippen LogP contribution < -0.4 is 10.6 Å². The maximum atomic E-state index is 13.6. The van der Waals surface area contributed by atoms with Crippen LogP contribution in [0.5, 0.6) is 0 Å². The number of anilines is 1. The van der Waals surface area contributed by atoms with Crippen molar-refractivity contribution >= 4 is 46.5 Å². The minimum atomic E-state index is -0.994. The highest BCUT2D eigenvalue weighted by atomic mass is 35.5. The third kappa shape index (κ3) is 5.38. The molecular weight excluding hydrogens is 551 g/mol. The number of aliphatic carboxylic acids is 1. The Morgan fingerprint density at radius 2 is 1.77 bits per heavy atom. The summed E-state index contributed by atoms with van der Waals surface area (Å²) in [4.78, 5) is 44.5. The third-order valence-electron chi connectivity index (χ3n) is 7.82. The molecule has 2 aromatic rings. The summed E-state index contributed by atoms with van der Waals surface area (Å²) in [5.41, 5.74) is 3.10. The number of ketones is 1. The molecule has 208 valence electrons. The van der Waals surface area contributed by atoms with Crippen LogP contribution in [-0.2, 0) is 16.0 Å². The standard InChI is InChI=1S/C30H30Cl2N4O4/c1-36-13-5-6-19(17-36)24-26(30(27(24)37)11-3-2-4-12-30)35-23(29(39)40)14-18-7-9-20(10-8-18)34-28(38)25-21(31)15-33-16-22(25)32/h5-10,13,15-16,23,35H,2-4,11-12,14,17H2,1H3,(H,34,38)(H,39,40)/t23-/m0/s1. The molecule has 1 aromatic heterocycles. The van der Waals surface area contributed by atoms with Gasteiger partial charge in [0.2, 0.25) is 0 Å². The van der Waals surface area contributed by atoms with Gasteiger partial charge in [0.25, 0.3) is 5.91 Å². The molecule has 40 heavy (non-hydrogen) atoms. The number of carboxylic acids is 1. The van der Waals surface area contributed by atoms with Gasteiger partial charge < -0.3 is 20.6 Å². The normalized spacial score (nSPS) is 18.7. The zero-order valence-corrected chi connectivity index (χ0v) is 23.6. The van der Waals surface area contributed by atoms with E-state index in [2.05, 4.69) is 15.6 Å². The number of allylic oxidation sites excluding steroid dienone is 3. The van der Waals surface area contributed by atoms with Crippen LogP contribution in [0.25, 0.3) is 0 Å². The molecule has 5 rings (SSSR count). The second-order valence-electron chi connectivity index (χ2n) is 10.5. The smallest absolute Gasteiger partial charge is 0.326 e. The number of pyridine rings is 1. The molecule has 3 aliphatic rings. The van der Waals surface area contributed by atoms with Crippen molar-refractivity contribution in [2.75, 3.05) is 18.9 Å². The van der Waals surface area contributed by atoms with E-state index in [0.717, 1.165) is 48.9 Å². The van der Waals surface area contributed by atoms with Crippen molar-refractivity contribution in [1.29, 1.82) is 0 Å². The van der Waals surface area contributed by atoms with Gasteiger partial charge in [0, 0.05) is 49.4 Å². The monoisotopic (exact) mass is 580 g/mol. The van der Waals surface area contributed by atoms with E-state index in [1.165, 1.54) is 12.4 Å². The first-order valence-corrected chi connectivity index (χ1v) is 14.0. The first-order chi connectivity index (χ1) is 19.2. The maximum Gasteiger partial charge on any atom is 0.326 e. The van der Waals surface area contributed by atoms with Gasteiger partial charge in [0.15, 0.2) is 5.78 Å². The lowest BCUT2D eigenvalue weighted by atomic mass is 9.57. The summed E-state index contributed by atoms with van der Waals surface area (Å²) in [5.74, 6) is -1.34. The molecule has 2 heterocycles. The number of carbonyl (C=O) groups excluding carboxylic acids is 2. The average Bonchev–Trinajstić information content (AvgIpc) is 2.93. The maximum absolute atomic E-state index is 13.6. The molecule has 2 aliphatic carbocycles. The van der Waals surface area contributed by atoms with Gasteiger partial charge in [-0.05, 0) is 48.4 Å². The predicted octanol–water partition coefficient (Wildman–Crippen LogP) is 5.40. The third-order valence-corrected chi connectivity index (χ3v) is 8.40. The summed E-state index contributed by atoms with van der Waals surface area (Å²) in [7, 11) is 1.95. The van der Waals surface area contributed by atoms with Crippen LogP contribution in [-0.4, -0.2) is 52.3 Å². The highest BCUT2D eigenvalue weighted by Crippen LogP contribution is 2.53. The number of nitrogens with one attached hydrogen (secondary N) is 2. The Balaban J connectivity index is 1.35. The van der Waals surface area contributed by atoms with Gasteiger partial charge in [-0.25, -0.2) is 4.79 Å².